The molecule has 106 valence electrons. The van der Waals surface area contributed by atoms with E-state index in [4.69, 9.17) is 9.47 Å². The summed E-state index contributed by atoms with van der Waals surface area (Å²) in [6, 6.07) is 9.69. The number of aryl methyl sites for hydroxylation is 1. The van der Waals surface area contributed by atoms with E-state index in [-0.39, 0.29) is 6.61 Å². The van der Waals surface area contributed by atoms with E-state index in [1.54, 1.807) is 7.11 Å². The number of halogens is 1. The molecular formula is C16H17FO3. The summed E-state index contributed by atoms with van der Waals surface area (Å²) >= 11 is 0. The Morgan fingerprint density at radius 1 is 1.05 bits per heavy atom. The Labute approximate surface area is 117 Å². The molecule has 0 fully saturated rings. The molecule has 2 aromatic carbocycles. The second kappa shape index (κ2) is 6.39. The van der Waals surface area contributed by atoms with Gasteiger partial charge in [-0.2, -0.15) is 0 Å². The molecule has 3 nitrogen and oxygen atoms in total. The molecule has 20 heavy (non-hydrogen) atoms. The molecular weight excluding hydrogens is 259 g/mol. The van der Waals surface area contributed by atoms with Crippen LogP contribution in [-0.4, -0.2) is 12.2 Å². The van der Waals surface area contributed by atoms with E-state index in [2.05, 4.69) is 6.92 Å². The summed E-state index contributed by atoms with van der Waals surface area (Å²) in [5.41, 5.74) is 1.53. The Bertz CT molecular complexity index is 596. The van der Waals surface area contributed by atoms with Gasteiger partial charge >= 0.3 is 0 Å². The second-order valence-corrected chi connectivity index (χ2v) is 4.35. The zero-order valence-electron chi connectivity index (χ0n) is 11.5. The van der Waals surface area contributed by atoms with Crippen molar-refractivity contribution >= 4 is 0 Å². The summed E-state index contributed by atoms with van der Waals surface area (Å²) in [5.74, 6) is 1.15. The lowest BCUT2D eigenvalue weighted by molar-refractivity contribution is 0.275. The number of rotatable bonds is 5. The van der Waals surface area contributed by atoms with Crippen LogP contribution < -0.4 is 9.47 Å². The highest BCUT2D eigenvalue weighted by molar-refractivity contribution is 5.47. The van der Waals surface area contributed by atoms with Crippen molar-refractivity contribution in [2.24, 2.45) is 0 Å². The third-order valence-corrected chi connectivity index (χ3v) is 3.05. The largest absolute Gasteiger partial charge is 0.493 e. The fourth-order valence-corrected chi connectivity index (χ4v) is 1.91. The van der Waals surface area contributed by atoms with Gasteiger partial charge in [0.25, 0.3) is 0 Å². The number of aliphatic hydroxyl groups is 1. The van der Waals surface area contributed by atoms with Crippen molar-refractivity contribution in [3.05, 3.63) is 53.3 Å². The van der Waals surface area contributed by atoms with Crippen LogP contribution in [0.25, 0.3) is 0 Å². The Morgan fingerprint density at radius 2 is 1.80 bits per heavy atom. The smallest absolute Gasteiger partial charge is 0.169 e. The highest BCUT2D eigenvalue weighted by Crippen LogP contribution is 2.34. The van der Waals surface area contributed by atoms with Crippen molar-refractivity contribution in [1.82, 2.24) is 0 Å². The molecule has 1 N–H and O–H groups in total. The number of benzene rings is 2. The minimum atomic E-state index is -0.408. The van der Waals surface area contributed by atoms with Gasteiger partial charge in [0.05, 0.1) is 13.7 Å². The number of aliphatic hydroxyl groups excluding tert-OH is 1. The fraction of sp³-hybridized carbons (Fsp3) is 0.250. The Morgan fingerprint density at radius 3 is 2.45 bits per heavy atom. The molecule has 0 unspecified atom stereocenters. The van der Waals surface area contributed by atoms with Gasteiger partial charge < -0.3 is 14.6 Å². The number of hydrogen-bond donors (Lipinski definition) is 1. The maximum atomic E-state index is 13.1. The molecule has 0 aliphatic carbocycles. The van der Waals surface area contributed by atoms with E-state index in [1.807, 2.05) is 18.2 Å². The quantitative estimate of drug-likeness (QED) is 0.905. The van der Waals surface area contributed by atoms with Gasteiger partial charge in [0.15, 0.2) is 11.5 Å². The molecule has 0 aliphatic rings. The molecule has 2 rings (SSSR count). The zero-order valence-corrected chi connectivity index (χ0v) is 11.5. The summed E-state index contributed by atoms with van der Waals surface area (Å²) < 4.78 is 24.1. The molecule has 0 atom stereocenters. The van der Waals surface area contributed by atoms with Crippen molar-refractivity contribution in [2.45, 2.75) is 20.0 Å². The molecule has 0 spiro atoms. The molecule has 4 heteroatoms. The number of methoxy groups -OCH3 is 1. The molecule has 0 bridgehead atoms. The van der Waals surface area contributed by atoms with Gasteiger partial charge in [-0.3, -0.25) is 0 Å². The second-order valence-electron chi connectivity index (χ2n) is 4.35. The number of hydrogen-bond acceptors (Lipinski definition) is 3. The molecule has 0 amide bonds. The highest BCUT2D eigenvalue weighted by Gasteiger charge is 2.10. The maximum Gasteiger partial charge on any atom is 0.169 e. The lowest BCUT2D eigenvalue weighted by atomic mass is 10.1. The predicted octanol–water partition coefficient (Wildman–Crippen LogP) is 3.68. The lowest BCUT2D eigenvalue weighted by Crippen LogP contribution is -1.96. The van der Waals surface area contributed by atoms with Crippen LogP contribution in [0.3, 0.4) is 0 Å². The van der Waals surface area contributed by atoms with Crippen LogP contribution in [0.15, 0.2) is 36.4 Å². The normalized spacial score (nSPS) is 10.4. The monoisotopic (exact) mass is 276 g/mol. The van der Waals surface area contributed by atoms with Gasteiger partial charge in [-0.15, -0.1) is 0 Å². The van der Waals surface area contributed by atoms with E-state index in [0.29, 0.717) is 22.8 Å². The molecule has 0 saturated heterocycles. The Kier molecular flexibility index (Phi) is 4.58. The van der Waals surface area contributed by atoms with Crippen LogP contribution in [0.2, 0.25) is 0 Å². The third-order valence-electron chi connectivity index (χ3n) is 3.05. The van der Waals surface area contributed by atoms with Crippen LogP contribution in [0, 0.1) is 5.82 Å². The summed E-state index contributed by atoms with van der Waals surface area (Å²) in [7, 11) is 1.57. The molecule has 0 heterocycles. The van der Waals surface area contributed by atoms with Crippen molar-refractivity contribution < 1.29 is 19.0 Å². The first kappa shape index (κ1) is 14.3. The minimum Gasteiger partial charge on any atom is -0.493 e. The Balaban J connectivity index is 2.34. The van der Waals surface area contributed by atoms with Crippen molar-refractivity contribution in [3.8, 4) is 17.2 Å². The average molecular weight is 276 g/mol. The fourth-order valence-electron chi connectivity index (χ4n) is 1.91. The summed E-state index contributed by atoms with van der Waals surface area (Å²) in [5, 5.41) is 9.25. The van der Waals surface area contributed by atoms with Gasteiger partial charge in [-0.1, -0.05) is 13.0 Å². The topological polar surface area (TPSA) is 38.7 Å². The predicted molar refractivity (Wildman–Crippen MR) is 74.8 cm³/mol. The van der Waals surface area contributed by atoms with Gasteiger partial charge in [-0.25, -0.2) is 4.39 Å². The van der Waals surface area contributed by atoms with Crippen LogP contribution in [0.1, 0.15) is 18.1 Å². The molecule has 2 aromatic rings. The molecule has 0 saturated carbocycles. The van der Waals surface area contributed by atoms with Gasteiger partial charge in [0.1, 0.15) is 11.6 Å². The first-order valence-electron chi connectivity index (χ1n) is 6.42. The van der Waals surface area contributed by atoms with Crippen LogP contribution in [0.5, 0.6) is 17.2 Å². The van der Waals surface area contributed by atoms with Crippen molar-refractivity contribution in [3.63, 3.8) is 0 Å². The molecule has 0 radical (unpaired) electrons. The minimum absolute atomic E-state index is 0.289. The Hall–Kier alpha value is -2.07. The SMILES string of the molecule is CCc1ccc(Oc2ccc(F)cc2CO)c(OC)c1. The lowest BCUT2D eigenvalue weighted by Gasteiger charge is -2.13. The average Bonchev–Trinajstić information content (AvgIpc) is 2.49. The van der Waals surface area contributed by atoms with Gasteiger partial charge in [-0.05, 0) is 42.3 Å². The first-order valence-corrected chi connectivity index (χ1v) is 6.42. The van der Waals surface area contributed by atoms with Crippen LogP contribution in [-0.2, 0) is 13.0 Å². The molecule has 0 aliphatic heterocycles. The first-order chi connectivity index (χ1) is 9.67. The van der Waals surface area contributed by atoms with Crippen LogP contribution in [0.4, 0.5) is 4.39 Å². The number of ether oxygens (including phenoxy) is 2. The standard InChI is InChI=1S/C16H17FO3/c1-3-11-4-6-15(16(8-11)19-2)20-14-7-5-13(17)9-12(14)10-18/h4-9,18H,3,10H2,1-2H3. The van der Waals surface area contributed by atoms with E-state index >= 15 is 0 Å². The van der Waals surface area contributed by atoms with E-state index in [0.717, 1.165) is 12.0 Å². The van der Waals surface area contributed by atoms with Crippen LogP contribution >= 0.6 is 0 Å². The maximum absolute atomic E-state index is 13.1. The van der Waals surface area contributed by atoms with Gasteiger partial charge in [0, 0.05) is 5.56 Å². The zero-order chi connectivity index (χ0) is 14.5. The highest BCUT2D eigenvalue weighted by atomic mass is 19.1. The summed E-state index contributed by atoms with van der Waals surface area (Å²) in [4.78, 5) is 0. The summed E-state index contributed by atoms with van der Waals surface area (Å²) in [6.45, 7) is 1.77. The summed E-state index contributed by atoms with van der Waals surface area (Å²) in [6.07, 6.45) is 0.898. The third kappa shape index (κ3) is 3.08. The van der Waals surface area contributed by atoms with E-state index in [1.165, 1.54) is 18.2 Å². The van der Waals surface area contributed by atoms with Crippen molar-refractivity contribution in [1.29, 1.82) is 0 Å². The van der Waals surface area contributed by atoms with Gasteiger partial charge in [0.2, 0.25) is 0 Å². The molecule has 0 aromatic heterocycles. The van der Waals surface area contributed by atoms with E-state index in [9.17, 15) is 9.50 Å². The van der Waals surface area contributed by atoms with Crippen molar-refractivity contribution in [2.75, 3.05) is 7.11 Å². The van der Waals surface area contributed by atoms with E-state index < -0.39 is 5.82 Å².